The molecule has 0 heterocycles. The monoisotopic (exact) mass is 246 g/mol. The van der Waals surface area contributed by atoms with Crippen molar-refractivity contribution in [3.63, 3.8) is 0 Å². The summed E-state index contributed by atoms with van der Waals surface area (Å²) in [5.74, 6) is 0.658. The van der Waals surface area contributed by atoms with E-state index in [0.29, 0.717) is 5.92 Å². The van der Waals surface area contributed by atoms with Crippen molar-refractivity contribution in [2.75, 3.05) is 0 Å². The topological polar surface area (TPSA) is 0 Å². The highest BCUT2D eigenvalue weighted by Gasteiger charge is 2.04. The highest BCUT2D eigenvalue weighted by atomic mass is 14.1. The molecule has 1 rings (SSSR count). The Labute approximate surface area is 114 Å². The quantitative estimate of drug-likeness (QED) is 0.462. The first kappa shape index (κ1) is 15.3. The van der Waals surface area contributed by atoms with E-state index in [-0.39, 0.29) is 0 Å². The first-order valence-electron chi connectivity index (χ1n) is 7.83. The number of hydrogen-bond donors (Lipinski definition) is 0. The normalized spacial score (nSPS) is 11.1. The van der Waals surface area contributed by atoms with Gasteiger partial charge in [0, 0.05) is 0 Å². The van der Waals surface area contributed by atoms with E-state index in [1.165, 1.54) is 51.4 Å². The highest BCUT2D eigenvalue weighted by Crippen LogP contribution is 2.21. The number of unbranched alkanes of at least 4 members (excludes halogenated alkanes) is 6. The third-order valence-corrected chi connectivity index (χ3v) is 3.73. The van der Waals surface area contributed by atoms with Gasteiger partial charge in [-0.2, -0.15) is 0 Å². The largest absolute Gasteiger partial charge is 0.0654 e. The lowest BCUT2D eigenvalue weighted by molar-refractivity contribution is 0.588. The maximum absolute atomic E-state index is 2.31. The summed E-state index contributed by atoms with van der Waals surface area (Å²) in [4.78, 5) is 0. The summed E-state index contributed by atoms with van der Waals surface area (Å²) in [7, 11) is 0. The molecule has 0 spiro atoms. The van der Waals surface area contributed by atoms with Gasteiger partial charge in [-0.15, -0.1) is 0 Å². The first-order valence-corrected chi connectivity index (χ1v) is 7.83. The van der Waals surface area contributed by atoms with Gasteiger partial charge in [0.2, 0.25) is 0 Å². The summed E-state index contributed by atoms with van der Waals surface area (Å²) in [6.45, 7) is 6.87. The predicted octanol–water partition coefficient (Wildman–Crippen LogP) is 6.10. The Hall–Kier alpha value is -0.780. The van der Waals surface area contributed by atoms with Gasteiger partial charge in [-0.3, -0.25) is 0 Å². The average Bonchev–Trinajstić information content (AvgIpc) is 2.38. The predicted molar refractivity (Wildman–Crippen MR) is 82.2 cm³/mol. The Balaban J connectivity index is 2.23. The molecule has 0 nitrogen and oxygen atoms in total. The zero-order valence-corrected chi connectivity index (χ0v) is 12.5. The number of aryl methyl sites for hydroxylation is 1. The van der Waals surface area contributed by atoms with Crippen LogP contribution in [0.1, 0.15) is 82.8 Å². The van der Waals surface area contributed by atoms with Gasteiger partial charge in [-0.1, -0.05) is 83.6 Å². The molecule has 0 aliphatic carbocycles. The Morgan fingerprint density at radius 2 is 1.44 bits per heavy atom. The maximum Gasteiger partial charge on any atom is -0.0216 e. The molecule has 0 aliphatic rings. The second-order valence-corrected chi connectivity index (χ2v) is 5.72. The van der Waals surface area contributed by atoms with E-state index in [1.54, 1.807) is 11.1 Å². The zero-order valence-electron chi connectivity index (χ0n) is 12.5. The molecule has 0 saturated heterocycles. The van der Waals surface area contributed by atoms with Crippen molar-refractivity contribution in [1.82, 2.24) is 0 Å². The summed E-state index contributed by atoms with van der Waals surface area (Å²) in [5.41, 5.74) is 3.12. The first-order chi connectivity index (χ1) is 8.75. The van der Waals surface area contributed by atoms with Crippen LogP contribution in [0.25, 0.3) is 0 Å². The molecule has 1 aromatic carbocycles. The van der Waals surface area contributed by atoms with Crippen LogP contribution in [0.3, 0.4) is 0 Å². The fourth-order valence-electron chi connectivity index (χ4n) is 2.60. The molecule has 0 radical (unpaired) electrons. The van der Waals surface area contributed by atoms with Crippen molar-refractivity contribution >= 4 is 0 Å². The molecule has 0 heteroatoms. The van der Waals surface area contributed by atoms with Crippen LogP contribution in [0, 0.1) is 0 Å². The molecule has 0 N–H and O–H groups in total. The molecule has 0 amide bonds. The zero-order chi connectivity index (χ0) is 13.2. The van der Waals surface area contributed by atoms with Crippen LogP contribution in [0.2, 0.25) is 0 Å². The van der Waals surface area contributed by atoms with Crippen LogP contribution in [0.4, 0.5) is 0 Å². The standard InChI is InChI=1S/C18H30/c1-4-5-6-7-8-9-10-13-17-14-11-12-15-18(17)16(2)3/h11-12,14-16H,4-10,13H2,1-3H3. The number of benzene rings is 1. The lowest BCUT2D eigenvalue weighted by Crippen LogP contribution is -1.96. The molecule has 0 saturated carbocycles. The SMILES string of the molecule is CCCCCCCCCc1ccccc1C(C)C. The lowest BCUT2D eigenvalue weighted by atomic mass is 9.94. The molecule has 0 aromatic heterocycles. The second-order valence-electron chi connectivity index (χ2n) is 5.72. The summed E-state index contributed by atoms with van der Waals surface area (Å²) in [5, 5.41) is 0. The van der Waals surface area contributed by atoms with Crippen LogP contribution in [-0.2, 0) is 6.42 Å². The Kier molecular flexibility index (Phi) is 7.80. The minimum Gasteiger partial charge on any atom is -0.0654 e. The second kappa shape index (κ2) is 9.19. The molecule has 0 aliphatic heterocycles. The minimum atomic E-state index is 0.658. The van der Waals surface area contributed by atoms with E-state index >= 15 is 0 Å². The van der Waals surface area contributed by atoms with Crippen molar-refractivity contribution in [2.45, 2.75) is 78.1 Å². The van der Waals surface area contributed by atoms with Gasteiger partial charge < -0.3 is 0 Å². The van der Waals surface area contributed by atoms with Crippen LogP contribution in [0.5, 0.6) is 0 Å². The van der Waals surface area contributed by atoms with Crippen molar-refractivity contribution in [3.05, 3.63) is 35.4 Å². The lowest BCUT2D eigenvalue weighted by Gasteiger charge is -2.12. The van der Waals surface area contributed by atoms with E-state index in [9.17, 15) is 0 Å². The van der Waals surface area contributed by atoms with Crippen LogP contribution < -0.4 is 0 Å². The molecule has 0 atom stereocenters. The fourth-order valence-corrected chi connectivity index (χ4v) is 2.60. The Bertz CT molecular complexity index is 312. The molecular formula is C18H30. The van der Waals surface area contributed by atoms with Gasteiger partial charge in [0.05, 0.1) is 0 Å². The molecule has 102 valence electrons. The smallest absolute Gasteiger partial charge is 0.0216 e. The average molecular weight is 246 g/mol. The van der Waals surface area contributed by atoms with E-state index < -0.39 is 0 Å². The summed E-state index contributed by atoms with van der Waals surface area (Å²) in [6, 6.07) is 8.96. The van der Waals surface area contributed by atoms with Gasteiger partial charge in [-0.25, -0.2) is 0 Å². The molecule has 0 fully saturated rings. The Morgan fingerprint density at radius 3 is 2.11 bits per heavy atom. The molecule has 0 bridgehead atoms. The van der Waals surface area contributed by atoms with E-state index in [2.05, 4.69) is 45.0 Å². The van der Waals surface area contributed by atoms with E-state index in [4.69, 9.17) is 0 Å². The maximum atomic E-state index is 2.31. The minimum absolute atomic E-state index is 0.658. The van der Waals surface area contributed by atoms with Crippen molar-refractivity contribution in [3.8, 4) is 0 Å². The molecular weight excluding hydrogens is 216 g/mol. The van der Waals surface area contributed by atoms with Crippen molar-refractivity contribution < 1.29 is 0 Å². The molecule has 0 unspecified atom stereocenters. The van der Waals surface area contributed by atoms with Gasteiger partial charge in [-0.05, 0) is 29.9 Å². The van der Waals surface area contributed by atoms with Crippen LogP contribution in [-0.4, -0.2) is 0 Å². The highest BCUT2D eigenvalue weighted by molar-refractivity contribution is 5.29. The van der Waals surface area contributed by atoms with Crippen LogP contribution >= 0.6 is 0 Å². The van der Waals surface area contributed by atoms with E-state index in [0.717, 1.165) is 0 Å². The molecule has 18 heavy (non-hydrogen) atoms. The van der Waals surface area contributed by atoms with Crippen molar-refractivity contribution in [1.29, 1.82) is 0 Å². The summed E-state index contributed by atoms with van der Waals surface area (Å²) >= 11 is 0. The third-order valence-electron chi connectivity index (χ3n) is 3.73. The van der Waals surface area contributed by atoms with Crippen molar-refractivity contribution in [2.24, 2.45) is 0 Å². The summed E-state index contributed by atoms with van der Waals surface area (Å²) in [6.07, 6.45) is 11.1. The van der Waals surface area contributed by atoms with Gasteiger partial charge in [0.15, 0.2) is 0 Å². The summed E-state index contributed by atoms with van der Waals surface area (Å²) < 4.78 is 0. The molecule has 1 aromatic rings. The third kappa shape index (κ3) is 5.71. The van der Waals surface area contributed by atoms with Gasteiger partial charge >= 0.3 is 0 Å². The van der Waals surface area contributed by atoms with E-state index in [1.807, 2.05) is 0 Å². The number of rotatable bonds is 9. The van der Waals surface area contributed by atoms with Crippen LogP contribution in [0.15, 0.2) is 24.3 Å². The van der Waals surface area contributed by atoms with Gasteiger partial charge in [0.1, 0.15) is 0 Å². The Morgan fingerprint density at radius 1 is 0.833 bits per heavy atom. The number of hydrogen-bond acceptors (Lipinski definition) is 0. The fraction of sp³-hybridized carbons (Fsp3) is 0.667. The van der Waals surface area contributed by atoms with Gasteiger partial charge in [0.25, 0.3) is 0 Å².